The predicted octanol–water partition coefficient (Wildman–Crippen LogP) is 3.41. The van der Waals surface area contributed by atoms with Crippen LogP contribution in [0.2, 0.25) is 0 Å². The molecule has 0 unspecified atom stereocenters. The van der Waals surface area contributed by atoms with Gasteiger partial charge in [0.1, 0.15) is 5.76 Å². The quantitative estimate of drug-likeness (QED) is 0.675. The first kappa shape index (κ1) is 10.5. The van der Waals surface area contributed by atoms with E-state index in [0.717, 1.165) is 23.4 Å². The second-order valence-corrected chi connectivity index (χ2v) is 3.45. The first-order valence-electron chi connectivity index (χ1n) is 5.33. The van der Waals surface area contributed by atoms with Gasteiger partial charge in [0.2, 0.25) is 5.89 Å². The lowest BCUT2D eigenvalue weighted by atomic mass is 10.2. The molecule has 16 heavy (non-hydrogen) atoms. The van der Waals surface area contributed by atoms with Crippen molar-refractivity contribution in [1.82, 2.24) is 4.98 Å². The Kier molecular flexibility index (Phi) is 3.07. The summed E-state index contributed by atoms with van der Waals surface area (Å²) < 4.78 is 5.58. The van der Waals surface area contributed by atoms with E-state index in [1.165, 1.54) is 0 Å². The molecule has 0 atom stereocenters. The fraction of sp³-hybridized carbons (Fsp3) is 0.214. The lowest BCUT2D eigenvalue weighted by Gasteiger charge is -1.91. The molecule has 0 amide bonds. The molecule has 1 aromatic heterocycles. The zero-order chi connectivity index (χ0) is 11.4. The molecular formula is C14H13NO. The summed E-state index contributed by atoms with van der Waals surface area (Å²) in [5.74, 6) is 7.41. The van der Waals surface area contributed by atoms with Gasteiger partial charge in [-0.25, -0.2) is 4.98 Å². The van der Waals surface area contributed by atoms with Crippen molar-refractivity contribution < 1.29 is 4.42 Å². The van der Waals surface area contributed by atoms with Crippen LogP contribution in [0.25, 0.3) is 11.5 Å². The highest BCUT2D eigenvalue weighted by Gasteiger charge is 2.08. The Morgan fingerprint density at radius 1 is 1.25 bits per heavy atom. The first-order chi connectivity index (χ1) is 7.81. The van der Waals surface area contributed by atoms with Gasteiger partial charge < -0.3 is 4.42 Å². The summed E-state index contributed by atoms with van der Waals surface area (Å²) in [7, 11) is 0. The molecule has 0 spiro atoms. The highest BCUT2D eigenvalue weighted by Crippen LogP contribution is 2.20. The van der Waals surface area contributed by atoms with Gasteiger partial charge in [-0.15, -0.1) is 0 Å². The maximum atomic E-state index is 5.58. The van der Waals surface area contributed by atoms with Gasteiger partial charge in [-0.1, -0.05) is 31.0 Å². The number of nitrogens with zero attached hydrogens (tertiary/aromatic N) is 1. The number of benzene rings is 1. The molecule has 2 aromatic rings. The molecule has 1 aromatic carbocycles. The Morgan fingerprint density at radius 2 is 2.00 bits per heavy atom. The Balaban J connectivity index is 2.38. The van der Waals surface area contributed by atoms with Crippen molar-refractivity contribution in [2.24, 2.45) is 0 Å². The summed E-state index contributed by atoms with van der Waals surface area (Å²) in [4.78, 5) is 4.38. The Morgan fingerprint density at radius 3 is 2.69 bits per heavy atom. The van der Waals surface area contributed by atoms with Crippen LogP contribution in [0.5, 0.6) is 0 Å². The van der Waals surface area contributed by atoms with Gasteiger partial charge in [-0.2, -0.15) is 0 Å². The zero-order valence-corrected chi connectivity index (χ0v) is 9.45. The molecule has 0 radical (unpaired) electrons. The van der Waals surface area contributed by atoms with E-state index in [9.17, 15) is 0 Å². The van der Waals surface area contributed by atoms with Crippen molar-refractivity contribution in [3.8, 4) is 23.3 Å². The van der Waals surface area contributed by atoms with Crippen LogP contribution in [0.15, 0.2) is 34.7 Å². The normalized spacial score (nSPS) is 9.62. The number of aryl methyl sites for hydroxylation is 1. The molecule has 0 saturated carbocycles. The minimum Gasteiger partial charge on any atom is -0.440 e. The van der Waals surface area contributed by atoms with E-state index in [1.54, 1.807) is 0 Å². The van der Waals surface area contributed by atoms with Crippen molar-refractivity contribution in [2.45, 2.75) is 20.3 Å². The van der Waals surface area contributed by atoms with Crippen molar-refractivity contribution in [3.05, 3.63) is 41.8 Å². The maximum Gasteiger partial charge on any atom is 0.227 e. The Labute approximate surface area is 95.3 Å². The lowest BCUT2D eigenvalue weighted by Crippen LogP contribution is -1.78. The molecule has 0 aliphatic rings. The van der Waals surface area contributed by atoms with Gasteiger partial charge in [-0.05, 0) is 25.0 Å². The van der Waals surface area contributed by atoms with Gasteiger partial charge in [0.05, 0.1) is 0 Å². The molecule has 0 N–H and O–H groups in total. The van der Waals surface area contributed by atoms with Crippen molar-refractivity contribution in [2.75, 3.05) is 0 Å². The minimum absolute atomic E-state index is 0.638. The third kappa shape index (κ3) is 2.14. The number of hydrogen-bond donors (Lipinski definition) is 0. The van der Waals surface area contributed by atoms with E-state index in [4.69, 9.17) is 4.42 Å². The van der Waals surface area contributed by atoms with E-state index in [2.05, 4.69) is 16.8 Å². The maximum absolute atomic E-state index is 5.58. The van der Waals surface area contributed by atoms with E-state index in [0.29, 0.717) is 5.89 Å². The topological polar surface area (TPSA) is 26.0 Å². The van der Waals surface area contributed by atoms with Crippen LogP contribution >= 0.6 is 0 Å². The van der Waals surface area contributed by atoms with Crippen LogP contribution < -0.4 is 0 Å². The Bertz CT molecular complexity index is 529. The van der Waals surface area contributed by atoms with E-state index in [1.807, 2.05) is 44.2 Å². The largest absolute Gasteiger partial charge is 0.440 e. The summed E-state index contributed by atoms with van der Waals surface area (Å²) in [6.45, 7) is 3.90. The summed E-state index contributed by atoms with van der Waals surface area (Å²) in [5.41, 5.74) is 1.72. The summed E-state index contributed by atoms with van der Waals surface area (Å²) >= 11 is 0. The molecule has 0 fully saturated rings. The minimum atomic E-state index is 0.638. The van der Waals surface area contributed by atoms with E-state index >= 15 is 0 Å². The van der Waals surface area contributed by atoms with Crippen molar-refractivity contribution in [3.63, 3.8) is 0 Å². The molecule has 2 heteroatoms. The molecule has 0 aliphatic carbocycles. The number of hydrogen-bond acceptors (Lipinski definition) is 2. The monoisotopic (exact) mass is 211 g/mol. The smallest absolute Gasteiger partial charge is 0.227 e. The van der Waals surface area contributed by atoms with Gasteiger partial charge >= 0.3 is 0 Å². The molecule has 1 heterocycles. The van der Waals surface area contributed by atoms with Crippen LogP contribution in [0, 0.1) is 18.8 Å². The van der Waals surface area contributed by atoms with E-state index in [-0.39, 0.29) is 0 Å². The van der Waals surface area contributed by atoms with Crippen LogP contribution in [0.4, 0.5) is 0 Å². The van der Waals surface area contributed by atoms with Crippen LogP contribution in [-0.2, 0) is 0 Å². The van der Waals surface area contributed by atoms with Crippen molar-refractivity contribution in [1.29, 1.82) is 0 Å². The standard InChI is InChI=1S/C14H13NO/c1-3-4-10-13-11(2)16-14(15-13)12-8-6-5-7-9-12/h5-9H,3H2,1-2H3. The van der Waals surface area contributed by atoms with Crippen LogP contribution in [0.3, 0.4) is 0 Å². The van der Waals surface area contributed by atoms with Gasteiger partial charge in [0.15, 0.2) is 5.69 Å². The number of aromatic nitrogens is 1. The van der Waals surface area contributed by atoms with Crippen molar-refractivity contribution >= 4 is 0 Å². The fourth-order valence-electron chi connectivity index (χ4n) is 1.39. The van der Waals surface area contributed by atoms with E-state index < -0.39 is 0 Å². The van der Waals surface area contributed by atoms with Gasteiger partial charge in [0.25, 0.3) is 0 Å². The third-order valence-electron chi connectivity index (χ3n) is 2.20. The summed E-state index contributed by atoms with van der Waals surface area (Å²) in [5, 5.41) is 0. The molecule has 80 valence electrons. The number of oxazole rings is 1. The average molecular weight is 211 g/mol. The summed E-state index contributed by atoms with van der Waals surface area (Å²) in [6, 6.07) is 9.85. The SMILES string of the molecule is CCC#Cc1nc(-c2ccccc2)oc1C. The average Bonchev–Trinajstić information content (AvgIpc) is 2.69. The molecule has 2 rings (SSSR count). The highest BCUT2D eigenvalue weighted by atomic mass is 16.4. The molecule has 0 bridgehead atoms. The molecule has 0 aliphatic heterocycles. The predicted molar refractivity (Wildman–Crippen MR) is 63.8 cm³/mol. The van der Waals surface area contributed by atoms with Gasteiger partial charge in [-0.3, -0.25) is 0 Å². The van der Waals surface area contributed by atoms with Crippen LogP contribution in [0.1, 0.15) is 24.8 Å². The first-order valence-corrected chi connectivity index (χ1v) is 5.33. The second kappa shape index (κ2) is 4.67. The van der Waals surface area contributed by atoms with Crippen LogP contribution in [-0.4, -0.2) is 4.98 Å². The highest BCUT2D eigenvalue weighted by molar-refractivity contribution is 5.54. The second-order valence-electron chi connectivity index (χ2n) is 3.45. The zero-order valence-electron chi connectivity index (χ0n) is 9.45. The molecular weight excluding hydrogens is 198 g/mol. The fourth-order valence-corrected chi connectivity index (χ4v) is 1.39. The molecule has 0 saturated heterocycles. The summed E-state index contributed by atoms with van der Waals surface area (Å²) in [6.07, 6.45) is 0.826. The lowest BCUT2D eigenvalue weighted by molar-refractivity contribution is 0.542. The van der Waals surface area contributed by atoms with Gasteiger partial charge in [0, 0.05) is 12.0 Å². The molecule has 2 nitrogen and oxygen atoms in total. The number of rotatable bonds is 1. The third-order valence-corrected chi connectivity index (χ3v) is 2.20. The Hall–Kier alpha value is -2.01.